The Hall–Kier alpha value is -1.75. The van der Waals surface area contributed by atoms with Crippen LogP contribution in [0, 0.1) is 31.3 Å². The van der Waals surface area contributed by atoms with E-state index in [-0.39, 0.29) is 5.56 Å². The van der Waals surface area contributed by atoms with Crippen LogP contribution in [0.4, 0.5) is 13.2 Å². The molecule has 0 aliphatic heterocycles. The summed E-state index contributed by atoms with van der Waals surface area (Å²) in [7, 11) is 0. The topological polar surface area (TPSA) is 33.4 Å². The number of hydrogen-bond acceptors (Lipinski definition) is 2. The zero-order valence-electron chi connectivity index (χ0n) is 9.80. The van der Waals surface area contributed by atoms with Gasteiger partial charge in [-0.2, -0.15) is 0 Å². The van der Waals surface area contributed by atoms with E-state index in [9.17, 15) is 18.3 Å². The van der Waals surface area contributed by atoms with Gasteiger partial charge in [0.25, 0.3) is 0 Å². The van der Waals surface area contributed by atoms with Crippen molar-refractivity contribution in [2.45, 2.75) is 20.0 Å². The molecule has 1 aromatic heterocycles. The number of aryl methyl sites for hydroxylation is 2. The molecular formula is C13H11F3O2. The SMILES string of the molecule is Cc1cc(C(O)c2ccc(F)c(F)c2F)c(C)o1. The molecule has 0 aliphatic carbocycles. The minimum atomic E-state index is -1.59. The van der Waals surface area contributed by atoms with Crippen LogP contribution in [-0.2, 0) is 0 Å². The summed E-state index contributed by atoms with van der Waals surface area (Å²) in [6, 6.07) is 3.32. The molecule has 1 N–H and O–H groups in total. The van der Waals surface area contributed by atoms with Gasteiger partial charge < -0.3 is 9.52 Å². The molecular weight excluding hydrogens is 245 g/mol. The molecule has 0 saturated heterocycles. The molecule has 0 bridgehead atoms. The molecule has 0 aliphatic rings. The number of benzene rings is 1. The Morgan fingerprint density at radius 1 is 1.06 bits per heavy atom. The number of furan rings is 1. The molecule has 1 heterocycles. The zero-order valence-corrected chi connectivity index (χ0v) is 9.80. The van der Waals surface area contributed by atoms with E-state index in [0.29, 0.717) is 17.1 Å². The molecule has 18 heavy (non-hydrogen) atoms. The molecule has 0 fully saturated rings. The Labute approximate surface area is 102 Å². The van der Waals surface area contributed by atoms with E-state index in [2.05, 4.69) is 0 Å². The highest BCUT2D eigenvalue weighted by Crippen LogP contribution is 2.30. The summed E-state index contributed by atoms with van der Waals surface area (Å²) in [5, 5.41) is 9.99. The molecule has 1 unspecified atom stereocenters. The summed E-state index contributed by atoms with van der Waals surface area (Å²) in [6.07, 6.45) is -1.39. The molecule has 2 aromatic rings. The third-order valence-electron chi connectivity index (χ3n) is 2.73. The van der Waals surface area contributed by atoms with Crippen LogP contribution in [0.2, 0.25) is 0 Å². The highest BCUT2D eigenvalue weighted by molar-refractivity contribution is 5.34. The Bertz CT molecular complexity index is 590. The van der Waals surface area contributed by atoms with E-state index in [1.807, 2.05) is 0 Å². The molecule has 96 valence electrons. The summed E-state index contributed by atoms with van der Waals surface area (Å²) in [5.74, 6) is -3.32. The van der Waals surface area contributed by atoms with Gasteiger partial charge in [0.1, 0.15) is 17.6 Å². The van der Waals surface area contributed by atoms with Crippen LogP contribution >= 0.6 is 0 Å². The first-order valence-corrected chi connectivity index (χ1v) is 5.30. The zero-order chi connectivity index (χ0) is 13.4. The van der Waals surface area contributed by atoms with Gasteiger partial charge in [0.05, 0.1) is 0 Å². The second-order valence-corrected chi connectivity index (χ2v) is 4.04. The molecule has 0 spiro atoms. The highest BCUT2D eigenvalue weighted by Gasteiger charge is 2.23. The maximum absolute atomic E-state index is 13.5. The van der Waals surface area contributed by atoms with Crippen LogP contribution in [0.3, 0.4) is 0 Å². The van der Waals surface area contributed by atoms with Crippen molar-refractivity contribution in [2.24, 2.45) is 0 Å². The average Bonchev–Trinajstić information content (AvgIpc) is 2.65. The number of halogens is 3. The van der Waals surface area contributed by atoms with Crippen molar-refractivity contribution < 1.29 is 22.7 Å². The second kappa shape index (κ2) is 4.49. The van der Waals surface area contributed by atoms with Gasteiger partial charge in [-0.25, -0.2) is 13.2 Å². The van der Waals surface area contributed by atoms with Crippen LogP contribution in [0.5, 0.6) is 0 Å². The quantitative estimate of drug-likeness (QED) is 0.835. The van der Waals surface area contributed by atoms with Crippen LogP contribution in [0.25, 0.3) is 0 Å². The van der Waals surface area contributed by atoms with Crippen molar-refractivity contribution >= 4 is 0 Å². The number of rotatable bonds is 2. The van der Waals surface area contributed by atoms with Crippen LogP contribution in [0.1, 0.15) is 28.8 Å². The van der Waals surface area contributed by atoms with Crippen LogP contribution < -0.4 is 0 Å². The van der Waals surface area contributed by atoms with Crippen molar-refractivity contribution in [1.82, 2.24) is 0 Å². The van der Waals surface area contributed by atoms with Gasteiger partial charge in [-0.3, -0.25) is 0 Å². The van der Waals surface area contributed by atoms with Gasteiger partial charge in [0.2, 0.25) is 0 Å². The molecule has 2 rings (SSSR count). The fourth-order valence-electron chi connectivity index (χ4n) is 1.84. The first-order chi connectivity index (χ1) is 8.41. The normalized spacial score (nSPS) is 12.8. The molecule has 2 nitrogen and oxygen atoms in total. The third kappa shape index (κ3) is 2.01. The lowest BCUT2D eigenvalue weighted by molar-refractivity contribution is 0.210. The lowest BCUT2D eigenvalue weighted by atomic mass is 10.0. The predicted octanol–water partition coefficient (Wildman–Crippen LogP) is 3.40. The minimum absolute atomic E-state index is 0.321. The van der Waals surface area contributed by atoms with Crippen LogP contribution in [-0.4, -0.2) is 5.11 Å². The van der Waals surface area contributed by atoms with Gasteiger partial charge >= 0.3 is 0 Å². The summed E-state index contributed by atoms with van der Waals surface area (Å²) in [4.78, 5) is 0. The first kappa shape index (κ1) is 12.7. The highest BCUT2D eigenvalue weighted by atomic mass is 19.2. The molecule has 0 radical (unpaired) electrons. The van der Waals surface area contributed by atoms with Gasteiger partial charge in [-0.05, 0) is 26.0 Å². The third-order valence-corrected chi connectivity index (χ3v) is 2.73. The Morgan fingerprint density at radius 2 is 1.72 bits per heavy atom. The predicted molar refractivity (Wildman–Crippen MR) is 58.6 cm³/mol. The van der Waals surface area contributed by atoms with Gasteiger partial charge in [0, 0.05) is 11.1 Å². The van der Waals surface area contributed by atoms with E-state index in [0.717, 1.165) is 12.1 Å². The fourth-order valence-corrected chi connectivity index (χ4v) is 1.84. The smallest absolute Gasteiger partial charge is 0.194 e. The summed E-state index contributed by atoms with van der Waals surface area (Å²) in [5.41, 5.74) is 0.00945. The lowest BCUT2D eigenvalue weighted by Gasteiger charge is -2.11. The first-order valence-electron chi connectivity index (χ1n) is 5.30. The monoisotopic (exact) mass is 256 g/mol. The van der Waals surface area contributed by atoms with Crippen molar-refractivity contribution in [2.75, 3.05) is 0 Å². The maximum atomic E-state index is 13.5. The average molecular weight is 256 g/mol. The van der Waals surface area contributed by atoms with E-state index >= 15 is 0 Å². The maximum Gasteiger partial charge on any atom is 0.194 e. The lowest BCUT2D eigenvalue weighted by Crippen LogP contribution is -2.06. The molecule has 0 saturated carbocycles. The Morgan fingerprint density at radius 3 is 2.28 bits per heavy atom. The molecule has 5 heteroatoms. The minimum Gasteiger partial charge on any atom is -0.466 e. The van der Waals surface area contributed by atoms with Gasteiger partial charge in [0.15, 0.2) is 17.5 Å². The van der Waals surface area contributed by atoms with Crippen molar-refractivity contribution in [1.29, 1.82) is 0 Å². The van der Waals surface area contributed by atoms with Crippen molar-refractivity contribution in [3.63, 3.8) is 0 Å². The fraction of sp³-hybridized carbons (Fsp3) is 0.231. The van der Waals surface area contributed by atoms with Crippen molar-refractivity contribution in [3.05, 3.63) is 58.3 Å². The van der Waals surface area contributed by atoms with Gasteiger partial charge in [-0.1, -0.05) is 6.07 Å². The van der Waals surface area contributed by atoms with Crippen LogP contribution in [0.15, 0.2) is 22.6 Å². The summed E-state index contributed by atoms with van der Waals surface area (Å²) < 4.78 is 44.6. The van der Waals surface area contributed by atoms with E-state index in [1.54, 1.807) is 13.8 Å². The van der Waals surface area contributed by atoms with E-state index < -0.39 is 23.6 Å². The molecule has 1 atom stereocenters. The van der Waals surface area contributed by atoms with Crippen molar-refractivity contribution in [3.8, 4) is 0 Å². The largest absolute Gasteiger partial charge is 0.466 e. The Kier molecular flexibility index (Phi) is 3.17. The molecule has 0 amide bonds. The molecule has 1 aromatic carbocycles. The van der Waals surface area contributed by atoms with E-state index in [1.165, 1.54) is 6.07 Å². The summed E-state index contributed by atoms with van der Waals surface area (Å²) in [6.45, 7) is 3.27. The number of aliphatic hydroxyl groups is 1. The van der Waals surface area contributed by atoms with Gasteiger partial charge in [-0.15, -0.1) is 0 Å². The Balaban J connectivity index is 2.49. The standard InChI is InChI=1S/C13H11F3O2/c1-6-5-9(7(2)18-6)13(17)8-3-4-10(14)12(16)11(8)15/h3-5,13,17H,1-2H3. The van der Waals surface area contributed by atoms with E-state index in [4.69, 9.17) is 4.42 Å². The number of aliphatic hydroxyl groups excluding tert-OH is 1. The summed E-state index contributed by atoms with van der Waals surface area (Å²) >= 11 is 0. The second-order valence-electron chi connectivity index (χ2n) is 4.04. The number of hydrogen-bond donors (Lipinski definition) is 1.